The molecule has 5 rings (SSSR count). The van der Waals surface area contributed by atoms with Crippen LogP contribution in [0.2, 0.25) is 0 Å². The third kappa shape index (κ3) is 4.13. The van der Waals surface area contributed by atoms with E-state index in [1.807, 2.05) is 0 Å². The van der Waals surface area contributed by atoms with Crippen LogP contribution in [0.3, 0.4) is 0 Å². The summed E-state index contributed by atoms with van der Waals surface area (Å²) >= 11 is 0. The first-order valence-electron chi connectivity index (χ1n) is 10.4. The van der Waals surface area contributed by atoms with Gasteiger partial charge in [0, 0.05) is 24.5 Å². The highest BCUT2D eigenvalue weighted by atomic mass is 19.1. The van der Waals surface area contributed by atoms with E-state index in [9.17, 15) is 9.18 Å². The summed E-state index contributed by atoms with van der Waals surface area (Å²) in [6.45, 7) is 5.17. The van der Waals surface area contributed by atoms with Crippen LogP contribution in [0.15, 0.2) is 52.0 Å². The topological polar surface area (TPSA) is 81.5 Å². The van der Waals surface area contributed by atoms with Crippen LogP contribution in [0.1, 0.15) is 31.5 Å². The fourth-order valence-electron chi connectivity index (χ4n) is 4.11. The Morgan fingerprint density at radius 1 is 1.19 bits per heavy atom. The van der Waals surface area contributed by atoms with Gasteiger partial charge in [-0.25, -0.2) is 8.91 Å². The maximum Gasteiger partial charge on any atom is 0.277 e. The Hall–Kier alpha value is -3.33. The monoisotopic (exact) mass is 422 g/mol. The van der Waals surface area contributed by atoms with E-state index in [2.05, 4.69) is 27.1 Å². The number of hydrogen-bond donors (Lipinski definition) is 0. The first-order valence-corrected chi connectivity index (χ1v) is 10.4. The van der Waals surface area contributed by atoms with E-state index >= 15 is 0 Å². The van der Waals surface area contributed by atoms with Gasteiger partial charge in [-0.3, -0.25) is 9.69 Å². The fourth-order valence-corrected chi connectivity index (χ4v) is 4.11. The number of halogens is 1. The molecule has 0 N–H and O–H groups in total. The van der Waals surface area contributed by atoms with E-state index in [0.717, 1.165) is 18.7 Å². The summed E-state index contributed by atoms with van der Waals surface area (Å²) in [7, 11) is 0. The van der Waals surface area contributed by atoms with E-state index in [0.29, 0.717) is 35.4 Å². The normalized spacial score (nSPS) is 17.4. The molecule has 3 aromatic heterocycles. The van der Waals surface area contributed by atoms with E-state index in [1.54, 1.807) is 30.6 Å². The highest BCUT2D eigenvalue weighted by Gasteiger charge is 2.19. The third-order valence-corrected chi connectivity index (χ3v) is 5.67. The Labute approximate surface area is 177 Å². The smallest absolute Gasteiger partial charge is 0.277 e. The third-order valence-electron chi connectivity index (χ3n) is 5.67. The zero-order valence-electron chi connectivity index (χ0n) is 17.2. The molecule has 1 aliphatic heterocycles. The lowest BCUT2D eigenvalue weighted by molar-refractivity contribution is 0.157. The van der Waals surface area contributed by atoms with Gasteiger partial charge in [0.2, 0.25) is 5.89 Å². The fraction of sp³-hybridized carbons (Fsp3) is 0.364. The van der Waals surface area contributed by atoms with E-state index < -0.39 is 0 Å². The van der Waals surface area contributed by atoms with Gasteiger partial charge in [-0.15, -0.1) is 0 Å². The van der Waals surface area contributed by atoms with Crippen molar-refractivity contribution in [1.82, 2.24) is 29.2 Å². The molecule has 0 bridgehead atoms. The quantitative estimate of drug-likeness (QED) is 0.492. The summed E-state index contributed by atoms with van der Waals surface area (Å²) in [6.07, 6.45) is 5.80. The highest BCUT2D eigenvalue weighted by Crippen LogP contribution is 2.19. The zero-order chi connectivity index (χ0) is 21.4. The van der Waals surface area contributed by atoms with Gasteiger partial charge in [-0.2, -0.15) is 10.1 Å². The predicted molar refractivity (Wildman–Crippen MR) is 112 cm³/mol. The molecule has 0 unspecified atom stereocenters. The Kier molecular flexibility index (Phi) is 5.11. The second-order valence-electron chi connectivity index (χ2n) is 8.18. The van der Waals surface area contributed by atoms with E-state index in [4.69, 9.17) is 4.52 Å². The van der Waals surface area contributed by atoms with Crippen molar-refractivity contribution in [3.05, 3.63) is 70.6 Å². The van der Waals surface area contributed by atoms with Gasteiger partial charge in [0.15, 0.2) is 5.82 Å². The number of rotatable bonds is 5. The second kappa shape index (κ2) is 8.07. The molecule has 0 spiro atoms. The lowest BCUT2D eigenvalue weighted by Gasteiger charge is -2.29. The van der Waals surface area contributed by atoms with Gasteiger partial charge >= 0.3 is 0 Å². The molecule has 1 saturated heterocycles. The minimum Gasteiger partial charge on any atom is -0.338 e. The van der Waals surface area contributed by atoms with Crippen LogP contribution in [-0.2, 0) is 13.1 Å². The van der Waals surface area contributed by atoms with Gasteiger partial charge in [-0.05, 0) is 55.6 Å². The molecule has 0 aliphatic carbocycles. The molecule has 1 aromatic carbocycles. The van der Waals surface area contributed by atoms with Gasteiger partial charge in [0.1, 0.15) is 11.3 Å². The predicted octanol–water partition coefficient (Wildman–Crippen LogP) is 2.97. The molecule has 0 amide bonds. The van der Waals surface area contributed by atoms with Gasteiger partial charge < -0.3 is 9.09 Å². The minimum atomic E-state index is -0.316. The molecule has 0 saturated carbocycles. The molecule has 4 heterocycles. The number of piperidine rings is 1. The average Bonchev–Trinajstić information content (AvgIpc) is 3.38. The van der Waals surface area contributed by atoms with Crippen LogP contribution in [-0.4, -0.2) is 42.3 Å². The maximum absolute atomic E-state index is 13.2. The zero-order valence-corrected chi connectivity index (χ0v) is 17.2. The Balaban J connectivity index is 1.35. The van der Waals surface area contributed by atoms with Crippen molar-refractivity contribution >= 4 is 5.52 Å². The Bertz CT molecular complexity index is 1260. The largest absolute Gasteiger partial charge is 0.338 e. The van der Waals surface area contributed by atoms with Crippen molar-refractivity contribution in [2.75, 3.05) is 13.1 Å². The van der Waals surface area contributed by atoms with Crippen molar-refractivity contribution < 1.29 is 8.91 Å². The van der Waals surface area contributed by atoms with Gasteiger partial charge in [-0.1, -0.05) is 12.1 Å². The molecular formula is C22H23FN6O2. The summed E-state index contributed by atoms with van der Waals surface area (Å²) in [4.78, 5) is 19.7. The van der Waals surface area contributed by atoms with Crippen LogP contribution < -0.4 is 5.56 Å². The van der Waals surface area contributed by atoms with Crippen LogP contribution in [0.5, 0.6) is 0 Å². The van der Waals surface area contributed by atoms with Crippen molar-refractivity contribution in [3.8, 4) is 11.3 Å². The lowest BCUT2D eigenvalue weighted by Crippen LogP contribution is -2.33. The summed E-state index contributed by atoms with van der Waals surface area (Å²) in [6, 6.07) is 7.72. The van der Waals surface area contributed by atoms with E-state index in [-0.39, 0.29) is 17.9 Å². The van der Waals surface area contributed by atoms with Crippen molar-refractivity contribution in [1.29, 1.82) is 0 Å². The Morgan fingerprint density at radius 2 is 2.03 bits per heavy atom. The number of hydrogen-bond acceptors (Lipinski definition) is 6. The number of nitrogens with zero attached hydrogens (tertiary/aromatic N) is 6. The molecule has 1 atom stereocenters. The SMILES string of the molecule is C[C@H]1CCCN(Cc2nc(Cn3ccn4nc(-c5ccc(F)cc5)cc4c3=O)no2)C1. The standard InChI is InChI=1S/C22H23FN6O2/c1-15-3-2-8-27(12-15)14-21-24-20(26-31-21)13-28-9-10-29-19(22(28)30)11-18(25-29)16-4-6-17(23)7-5-16/h4-7,9-11,15H,2-3,8,12-14H2,1H3/t15-/m0/s1. The number of fused-ring (bicyclic) bond motifs is 1. The summed E-state index contributed by atoms with van der Waals surface area (Å²) in [5.74, 6) is 1.40. The molecule has 8 nitrogen and oxygen atoms in total. The summed E-state index contributed by atoms with van der Waals surface area (Å²) in [5.41, 5.74) is 1.56. The molecule has 1 aliphatic rings. The molecule has 31 heavy (non-hydrogen) atoms. The summed E-state index contributed by atoms with van der Waals surface area (Å²) in [5, 5.41) is 8.47. The molecule has 0 radical (unpaired) electrons. The van der Waals surface area contributed by atoms with Crippen molar-refractivity contribution in [2.45, 2.75) is 32.9 Å². The van der Waals surface area contributed by atoms with Crippen LogP contribution in [0.4, 0.5) is 4.39 Å². The molecule has 160 valence electrons. The van der Waals surface area contributed by atoms with Crippen LogP contribution in [0.25, 0.3) is 16.8 Å². The number of benzene rings is 1. The highest BCUT2D eigenvalue weighted by molar-refractivity contribution is 5.65. The number of likely N-dealkylation sites (tertiary alicyclic amines) is 1. The van der Waals surface area contributed by atoms with Crippen LogP contribution in [0, 0.1) is 11.7 Å². The first-order chi connectivity index (χ1) is 15.0. The first kappa shape index (κ1) is 19.6. The lowest BCUT2D eigenvalue weighted by atomic mass is 10.0. The summed E-state index contributed by atoms with van der Waals surface area (Å²) < 4.78 is 21.6. The minimum absolute atomic E-state index is 0.209. The molecule has 4 aromatic rings. The van der Waals surface area contributed by atoms with Crippen molar-refractivity contribution in [2.24, 2.45) is 5.92 Å². The molecule has 9 heteroatoms. The average molecular weight is 422 g/mol. The second-order valence-corrected chi connectivity index (χ2v) is 8.18. The van der Waals surface area contributed by atoms with E-state index in [1.165, 1.54) is 34.1 Å². The van der Waals surface area contributed by atoms with Gasteiger partial charge in [0.05, 0.1) is 18.8 Å². The Morgan fingerprint density at radius 3 is 2.84 bits per heavy atom. The number of aromatic nitrogens is 5. The molecule has 1 fully saturated rings. The van der Waals surface area contributed by atoms with Crippen LogP contribution >= 0.6 is 0 Å². The van der Waals surface area contributed by atoms with Gasteiger partial charge in [0.25, 0.3) is 5.56 Å². The molecular weight excluding hydrogens is 399 g/mol. The van der Waals surface area contributed by atoms with Crippen molar-refractivity contribution in [3.63, 3.8) is 0 Å². The maximum atomic E-state index is 13.2.